The Balaban J connectivity index is 1.54. The first-order chi connectivity index (χ1) is 14.6. The summed E-state index contributed by atoms with van der Waals surface area (Å²) < 4.78 is 31.2. The molecule has 1 unspecified atom stereocenters. The maximum Gasteiger partial charge on any atom is 0.251 e. The third-order valence-electron chi connectivity index (χ3n) is 6.05. The number of aryl methyl sites for hydroxylation is 1. The molecule has 2 fully saturated rings. The number of sulfonamides is 1. The fraction of sp³-hybridized carbons (Fsp3) is 0.500. The number of hydrogen-bond acceptors (Lipinski definition) is 7. The van der Waals surface area contributed by atoms with Crippen LogP contribution in [0.5, 0.6) is 0 Å². The number of carbonyl (C=O) groups excluding carboxylic acids is 2. The van der Waals surface area contributed by atoms with Crippen molar-refractivity contribution in [3.63, 3.8) is 0 Å². The van der Waals surface area contributed by atoms with Crippen LogP contribution in [0.2, 0.25) is 0 Å². The molecular formula is C20H25N5O5S. The Hall–Kier alpha value is -2.79. The van der Waals surface area contributed by atoms with Gasteiger partial charge in [-0.15, -0.1) is 0 Å². The molecule has 31 heavy (non-hydrogen) atoms. The maximum absolute atomic E-state index is 12.8. The number of fused-ring (bicyclic) bond motifs is 1. The van der Waals surface area contributed by atoms with E-state index in [4.69, 9.17) is 4.52 Å². The van der Waals surface area contributed by atoms with Gasteiger partial charge in [0, 0.05) is 37.3 Å². The van der Waals surface area contributed by atoms with Crippen molar-refractivity contribution in [2.75, 3.05) is 24.7 Å². The first-order valence-electron chi connectivity index (χ1n) is 10.0. The van der Waals surface area contributed by atoms with Gasteiger partial charge in [0.1, 0.15) is 0 Å². The van der Waals surface area contributed by atoms with Crippen molar-refractivity contribution >= 4 is 27.5 Å². The van der Waals surface area contributed by atoms with Crippen molar-refractivity contribution in [2.45, 2.75) is 38.1 Å². The van der Waals surface area contributed by atoms with E-state index in [0.29, 0.717) is 42.4 Å². The van der Waals surface area contributed by atoms with Gasteiger partial charge < -0.3 is 15.2 Å². The van der Waals surface area contributed by atoms with E-state index in [2.05, 4.69) is 20.8 Å². The van der Waals surface area contributed by atoms with Gasteiger partial charge in [-0.3, -0.25) is 9.59 Å². The quantitative estimate of drug-likeness (QED) is 0.700. The summed E-state index contributed by atoms with van der Waals surface area (Å²) in [5, 5.41) is 9.61. The molecule has 0 spiro atoms. The highest BCUT2D eigenvalue weighted by molar-refractivity contribution is 7.88. The Morgan fingerprint density at radius 3 is 2.74 bits per heavy atom. The van der Waals surface area contributed by atoms with Gasteiger partial charge in [-0.1, -0.05) is 11.2 Å². The van der Waals surface area contributed by atoms with Crippen LogP contribution in [0.3, 0.4) is 0 Å². The number of amides is 2. The molecule has 1 saturated carbocycles. The minimum Gasteiger partial charge on any atom is -0.349 e. The zero-order valence-electron chi connectivity index (χ0n) is 17.6. The number of anilines is 1. The average Bonchev–Trinajstić information content (AvgIpc) is 3.33. The van der Waals surface area contributed by atoms with Gasteiger partial charge in [-0.2, -0.15) is 4.98 Å². The van der Waals surface area contributed by atoms with Gasteiger partial charge >= 0.3 is 0 Å². The molecule has 1 aromatic carbocycles. The predicted octanol–water partition coefficient (Wildman–Crippen LogP) is 1.06. The Morgan fingerprint density at radius 2 is 2.10 bits per heavy atom. The lowest BCUT2D eigenvalue weighted by atomic mass is 9.80. The van der Waals surface area contributed by atoms with Crippen LogP contribution in [0.15, 0.2) is 28.8 Å². The number of carbonyl (C=O) groups is 2. The summed E-state index contributed by atoms with van der Waals surface area (Å²) in [4.78, 5) is 28.5. The topological polar surface area (TPSA) is 134 Å². The molecule has 2 N–H and O–H groups in total. The molecule has 1 aromatic heterocycles. The van der Waals surface area contributed by atoms with Gasteiger partial charge in [0.2, 0.25) is 21.8 Å². The molecule has 1 aliphatic heterocycles. The third-order valence-corrected chi connectivity index (χ3v) is 7.26. The fourth-order valence-corrected chi connectivity index (χ4v) is 5.64. The summed E-state index contributed by atoms with van der Waals surface area (Å²) in [6.07, 6.45) is 2.30. The van der Waals surface area contributed by atoms with Crippen molar-refractivity contribution < 1.29 is 22.5 Å². The van der Waals surface area contributed by atoms with E-state index in [9.17, 15) is 18.0 Å². The number of hydrogen-bond donors (Lipinski definition) is 2. The molecule has 11 heteroatoms. The average molecular weight is 448 g/mol. The van der Waals surface area contributed by atoms with Crippen molar-refractivity contribution in [1.82, 2.24) is 19.8 Å². The molecule has 166 valence electrons. The minimum atomic E-state index is -3.36. The smallest absolute Gasteiger partial charge is 0.251 e. The first kappa shape index (κ1) is 21.4. The fourth-order valence-electron chi connectivity index (χ4n) is 4.73. The van der Waals surface area contributed by atoms with Crippen LogP contribution in [-0.4, -0.2) is 60.1 Å². The zero-order chi connectivity index (χ0) is 22.4. The van der Waals surface area contributed by atoms with Crippen LogP contribution in [0.1, 0.15) is 41.8 Å². The Morgan fingerprint density at radius 1 is 1.32 bits per heavy atom. The van der Waals surface area contributed by atoms with Gasteiger partial charge in [-0.05, 0) is 43.9 Å². The number of aromatic nitrogens is 2. The Bertz CT molecular complexity index is 1130. The minimum absolute atomic E-state index is 0.0434. The van der Waals surface area contributed by atoms with E-state index in [1.165, 1.54) is 17.5 Å². The highest BCUT2D eigenvalue weighted by Crippen LogP contribution is 2.50. The molecule has 2 heterocycles. The van der Waals surface area contributed by atoms with Crippen LogP contribution in [0, 0.1) is 12.8 Å². The number of nitrogens with zero attached hydrogens (tertiary/aromatic N) is 3. The lowest BCUT2D eigenvalue weighted by molar-refractivity contribution is -0.114. The number of rotatable bonds is 5. The van der Waals surface area contributed by atoms with Crippen molar-refractivity contribution in [3.8, 4) is 0 Å². The van der Waals surface area contributed by atoms with E-state index in [-0.39, 0.29) is 30.3 Å². The second-order valence-corrected chi connectivity index (χ2v) is 10.4. The van der Waals surface area contributed by atoms with Crippen molar-refractivity contribution in [3.05, 3.63) is 41.5 Å². The molecule has 4 rings (SSSR count). The molecule has 2 amide bonds. The van der Waals surface area contributed by atoms with Crippen molar-refractivity contribution in [1.29, 1.82) is 0 Å². The molecule has 1 aliphatic carbocycles. The van der Waals surface area contributed by atoms with Crippen LogP contribution >= 0.6 is 0 Å². The first-order valence-corrected chi connectivity index (χ1v) is 11.9. The highest BCUT2D eigenvalue weighted by Gasteiger charge is 2.59. The summed E-state index contributed by atoms with van der Waals surface area (Å²) in [5.74, 6) is 0.397. The number of nitrogens with one attached hydrogen (secondary N) is 2. The normalized spacial score (nSPS) is 25.9. The maximum atomic E-state index is 12.8. The van der Waals surface area contributed by atoms with E-state index in [0.717, 1.165) is 0 Å². The summed E-state index contributed by atoms with van der Waals surface area (Å²) in [6.45, 7) is 3.73. The number of benzene rings is 1. The molecular weight excluding hydrogens is 422 g/mol. The van der Waals surface area contributed by atoms with E-state index in [1.807, 2.05) is 0 Å². The summed E-state index contributed by atoms with van der Waals surface area (Å²) in [6, 6.07) is 6.55. The molecule has 0 radical (unpaired) electrons. The molecule has 0 bridgehead atoms. The second kappa shape index (κ2) is 7.72. The zero-order valence-corrected chi connectivity index (χ0v) is 18.4. The molecule has 2 aliphatic rings. The third kappa shape index (κ3) is 4.19. The largest absolute Gasteiger partial charge is 0.349 e. The standard InChI is InChI=1S/C20H25N5O5S/c1-12-21-19(30-24-12)20-9-17(8-15(20)10-25(11-20)31(3,28)29)23-18(27)14-5-4-6-16(7-14)22-13(2)26/h4-7,15,17H,8-11H2,1-3H3,(H,22,26)(H,23,27)/t15?,17-,20+/m1/s1. The van der Waals surface area contributed by atoms with Gasteiger partial charge in [0.15, 0.2) is 5.82 Å². The van der Waals surface area contributed by atoms with E-state index < -0.39 is 15.4 Å². The van der Waals surface area contributed by atoms with Gasteiger partial charge in [-0.25, -0.2) is 12.7 Å². The second-order valence-electron chi connectivity index (χ2n) is 8.43. The van der Waals surface area contributed by atoms with E-state index >= 15 is 0 Å². The summed E-state index contributed by atoms with van der Waals surface area (Å²) in [7, 11) is -3.36. The summed E-state index contributed by atoms with van der Waals surface area (Å²) in [5.41, 5.74) is 0.356. The van der Waals surface area contributed by atoms with Crippen LogP contribution in [-0.2, 0) is 20.2 Å². The van der Waals surface area contributed by atoms with Gasteiger partial charge in [0.05, 0.1) is 11.7 Å². The molecule has 2 aromatic rings. The molecule has 10 nitrogen and oxygen atoms in total. The van der Waals surface area contributed by atoms with Crippen LogP contribution in [0.25, 0.3) is 0 Å². The lowest BCUT2D eigenvalue weighted by Crippen LogP contribution is -2.39. The molecule has 3 atom stereocenters. The van der Waals surface area contributed by atoms with E-state index in [1.54, 1.807) is 31.2 Å². The van der Waals surface area contributed by atoms with Crippen LogP contribution < -0.4 is 10.6 Å². The Labute approximate surface area is 180 Å². The van der Waals surface area contributed by atoms with Crippen LogP contribution in [0.4, 0.5) is 5.69 Å². The van der Waals surface area contributed by atoms with Crippen molar-refractivity contribution in [2.24, 2.45) is 5.92 Å². The van der Waals surface area contributed by atoms with Gasteiger partial charge in [0.25, 0.3) is 5.91 Å². The highest BCUT2D eigenvalue weighted by atomic mass is 32.2. The Kier molecular flexibility index (Phi) is 5.34. The SMILES string of the molecule is CC(=O)Nc1cccc(C(=O)N[C@@H]2CC3CN(S(C)(=O)=O)C[C@@]3(c3nc(C)no3)C2)c1. The lowest BCUT2D eigenvalue weighted by Gasteiger charge is -2.24. The molecule has 1 saturated heterocycles. The summed E-state index contributed by atoms with van der Waals surface area (Å²) >= 11 is 0. The monoisotopic (exact) mass is 447 g/mol. The predicted molar refractivity (Wildman–Crippen MR) is 112 cm³/mol.